The van der Waals surface area contributed by atoms with Gasteiger partial charge < -0.3 is 0 Å². The molecule has 0 fully saturated rings. The number of carbonyl (C=O) groups excluding carboxylic acids is 1. The molecule has 0 saturated carbocycles. The molecule has 0 amide bonds. The fourth-order valence-electron chi connectivity index (χ4n) is 0.990. The van der Waals surface area contributed by atoms with E-state index in [1.807, 2.05) is 0 Å². The fraction of sp³-hybridized carbons (Fsp3) is 0.125. The van der Waals surface area contributed by atoms with E-state index in [1.54, 1.807) is 30.3 Å². The largest absolute Gasteiger partial charge is 0.286 e. The van der Waals surface area contributed by atoms with Crippen LogP contribution in [0.1, 0.15) is 11.3 Å². The van der Waals surface area contributed by atoms with Gasteiger partial charge in [-0.05, 0) is 28.0 Å². The molecule has 1 aromatic carbocycles. The van der Waals surface area contributed by atoms with Crippen molar-refractivity contribution < 1.29 is 9.36 Å². The van der Waals surface area contributed by atoms with Crippen LogP contribution in [-0.4, -0.2) is 6.08 Å². The first kappa shape index (κ1) is 11.5. The van der Waals surface area contributed by atoms with Crippen molar-refractivity contribution in [3.8, 4) is 0 Å². The minimum absolute atomic E-state index is 0.532. The summed E-state index contributed by atoms with van der Waals surface area (Å²) in [6.07, 6.45) is 1.31. The smallest absolute Gasteiger partial charge is 0.282 e. The first-order valence-electron chi connectivity index (χ1n) is 3.66. The second-order valence-electron chi connectivity index (χ2n) is 2.51. The van der Waals surface area contributed by atoms with Gasteiger partial charge in [0.25, 0.3) is 5.85 Å². The molecule has 0 spiro atoms. The fourth-order valence-corrected chi connectivity index (χ4v) is 2.63. The van der Waals surface area contributed by atoms with Gasteiger partial charge in [0.2, 0.25) is 6.08 Å². The number of halogens is 2. The molecule has 14 heavy (non-hydrogen) atoms. The van der Waals surface area contributed by atoms with Crippen molar-refractivity contribution in [3.63, 3.8) is 0 Å². The highest BCUT2D eigenvalue weighted by Gasteiger charge is 2.29. The molecule has 1 unspecified atom stereocenters. The van der Waals surface area contributed by atoms with Gasteiger partial charge in [-0.15, -0.1) is 0 Å². The maximum absolute atomic E-state index is 11.4. The third-order valence-electron chi connectivity index (χ3n) is 1.56. The zero-order valence-electron chi connectivity index (χ0n) is 6.93. The lowest BCUT2D eigenvalue weighted by atomic mass is 10.2. The molecular weight excluding hydrogens is 244 g/mol. The number of hydrogen-bond donors (Lipinski definition) is 0. The van der Waals surface area contributed by atoms with Gasteiger partial charge in [0.1, 0.15) is 0 Å². The molecule has 0 aliphatic carbocycles. The maximum Gasteiger partial charge on any atom is 0.282 e. The summed E-state index contributed by atoms with van der Waals surface area (Å²) in [6.45, 7) is 0. The van der Waals surface area contributed by atoms with Gasteiger partial charge in [-0.3, -0.25) is 4.57 Å². The Labute approximate surface area is 90.7 Å². The summed E-state index contributed by atoms with van der Waals surface area (Å²) >= 11 is 10.9. The van der Waals surface area contributed by atoms with E-state index in [0.29, 0.717) is 5.56 Å². The molecule has 0 N–H and O–H groups in total. The van der Waals surface area contributed by atoms with Crippen LogP contribution in [-0.2, 0) is 9.36 Å². The van der Waals surface area contributed by atoms with Crippen LogP contribution >= 0.6 is 28.3 Å². The Morgan fingerprint density at radius 3 is 2.29 bits per heavy atom. The number of aliphatic imine (C=N–C) groups is 1. The number of rotatable bonds is 3. The Morgan fingerprint density at radius 2 is 1.86 bits per heavy atom. The lowest BCUT2D eigenvalue weighted by molar-refractivity contribution is 0.559. The van der Waals surface area contributed by atoms with Crippen LogP contribution in [0.15, 0.2) is 35.3 Å². The van der Waals surface area contributed by atoms with E-state index in [0.717, 1.165) is 0 Å². The normalized spacial score (nSPS) is 13.0. The molecule has 1 aromatic rings. The summed E-state index contributed by atoms with van der Waals surface area (Å²) in [6, 6.07) is 8.49. The summed E-state index contributed by atoms with van der Waals surface area (Å²) in [5.41, 5.74) is 0.532. The molecule has 0 saturated heterocycles. The van der Waals surface area contributed by atoms with Gasteiger partial charge in [-0.2, -0.15) is 4.99 Å². The summed E-state index contributed by atoms with van der Waals surface area (Å²) in [4.78, 5) is 13.4. The van der Waals surface area contributed by atoms with Gasteiger partial charge in [0.05, 0.1) is 0 Å². The Hall–Kier alpha value is -0.590. The van der Waals surface area contributed by atoms with Crippen molar-refractivity contribution in [3.05, 3.63) is 35.9 Å². The van der Waals surface area contributed by atoms with Crippen LogP contribution in [0, 0.1) is 0 Å². The van der Waals surface area contributed by atoms with E-state index in [4.69, 9.17) is 22.5 Å². The van der Waals surface area contributed by atoms with Gasteiger partial charge >= 0.3 is 0 Å². The van der Waals surface area contributed by atoms with Crippen LogP contribution in [0.3, 0.4) is 0 Å². The SMILES string of the molecule is O=C=NC(c1ccccc1)P(=O)(Cl)Cl. The summed E-state index contributed by atoms with van der Waals surface area (Å²) in [5, 5.41) is 0. The highest BCUT2D eigenvalue weighted by Crippen LogP contribution is 2.68. The predicted molar refractivity (Wildman–Crippen MR) is 56.6 cm³/mol. The van der Waals surface area contributed by atoms with Crippen molar-refractivity contribution in [2.45, 2.75) is 5.78 Å². The summed E-state index contributed by atoms with van der Waals surface area (Å²) in [5.74, 6) is -4.52. The summed E-state index contributed by atoms with van der Waals surface area (Å²) in [7, 11) is 0. The van der Waals surface area contributed by atoms with Crippen LogP contribution in [0.2, 0.25) is 0 Å². The summed E-state index contributed by atoms with van der Waals surface area (Å²) < 4.78 is 11.4. The topological polar surface area (TPSA) is 46.5 Å². The number of nitrogens with zero attached hydrogens (tertiary/aromatic N) is 1. The monoisotopic (exact) mass is 249 g/mol. The quantitative estimate of drug-likeness (QED) is 0.466. The molecule has 74 valence electrons. The van der Waals surface area contributed by atoms with E-state index in [1.165, 1.54) is 6.08 Å². The molecule has 0 bridgehead atoms. The van der Waals surface area contributed by atoms with E-state index in [9.17, 15) is 9.36 Å². The lowest BCUT2D eigenvalue weighted by Crippen LogP contribution is -1.89. The van der Waals surface area contributed by atoms with Gasteiger partial charge in [-0.1, -0.05) is 30.3 Å². The molecule has 0 heterocycles. The van der Waals surface area contributed by atoms with Crippen molar-refractivity contribution in [2.24, 2.45) is 4.99 Å². The Bertz CT molecular complexity index is 397. The Morgan fingerprint density at radius 1 is 1.29 bits per heavy atom. The molecule has 0 radical (unpaired) electrons. The Kier molecular flexibility index (Phi) is 3.91. The van der Waals surface area contributed by atoms with Gasteiger partial charge in [0.15, 0.2) is 5.78 Å². The van der Waals surface area contributed by atoms with Gasteiger partial charge in [-0.25, -0.2) is 4.79 Å². The number of isocyanates is 1. The second kappa shape index (κ2) is 4.77. The van der Waals surface area contributed by atoms with E-state index >= 15 is 0 Å². The predicted octanol–water partition coefficient (Wildman–Crippen LogP) is 3.69. The second-order valence-corrected chi connectivity index (χ2v) is 7.53. The number of hydrogen-bond acceptors (Lipinski definition) is 3. The van der Waals surface area contributed by atoms with Crippen LogP contribution in [0.5, 0.6) is 0 Å². The molecule has 6 heteroatoms. The molecular formula is C8H6Cl2NO2P. The van der Waals surface area contributed by atoms with E-state index < -0.39 is 11.6 Å². The molecule has 1 rings (SSSR count). The Balaban J connectivity index is 3.14. The molecule has 0 aromatic heterocycles. The minimum Gasteiger partial charge on any atom is -0.286 e. The average Bonchev–Trinajstić information content (AvgIpc) is 2.14. The number of benzene rings is 1. The minimum atomic E-state index is -3.50. The zero-order valence-corrected chi connectivity index (χ0v) is 9.34. The van der Waals surface area contributed by atoms with Gasteiger partial charge in [0, 0.05) is 0 Å². The lowest BCUT2D eigenvalue weighted by Gasteiger charge is -2.10. The molecule has 0 aliphatic rings. The van der Waals surface area contributed by atoms with Crippen molar-refractivity contribution in [2.75, 3.05) is 0 Å². The van der Waals surface area contributed by atoms with Crippen molar-refractivity contribution in [1.29, 1.82) is 0 Å². The van der Waals surface area contributed by atoms with E-state index in [2.05, 4.69) is 4.99 Å². The van der Waals surface area contributed by atoms with Crippen LogP contribution in [0.25, 0.3) is 0 Å². The molecule has 3 nitrogen and oxygen atoms in total. The first-order chi connectivity index (χ1) is 6.55. The van der Waals surface area contributed by atoms with Crippen molar-refractivity contribution in [1.82, 2.24) is 0 Å². The highest BCUT2D eigenvalue weighted by atomic mass is 35.9. The standard InChI is InChI=1S/C8H6Cl2NO2P/c9-14(10,13)8(11-6-12)7-4-2-1-3-5-7/h1-5,8H. The van der Waals surface area contributed by atoms with Crippen LogP contribution in [0.4, 0.5) is 0 Å². The average molecular weight is 250 g/mol. The molecule has 0 aliphatic heterocycles. The third-order valence-corrected chi connectivity index (χ3v) is 3.65. The van der Waals surface area contributed by atoms with E-state index in [-0.39, 0.29) is 0 Å². The van der Waals surface area contributed by atoms with Crippen molar-refractivity contribution >= 4 is 34.4 Å². The van der Waals surface area contributed by atoms with Crippen LogP contribution < -0.4 is 0 Å². The third kappa shape index (κ3) is 2.97. The first-order valence-corrected chi connectivity index (χ1v) is 7.25. The maximum atomic E-state index is 11.4. The zero-order chi connectivity index (χ0) is 10.6. The molecule has 1 atom stereocenters. The highest BCUT2D eigenvalue weighted by molar-refractivity contribution is 8.08.